The van der Waals surface area contributed by atoms with Crippen LogP contribution in [0.3, 0.4) is 0 Å². The van der Waals surface area contributed by atoms with Gasteiger partial charge in [0.2, 0.25) is 0 Å². The zero-order chi connectivity index (χ0) is 11.4. The topological polar surface area (TPSA) is 35.5 Å². The van der Waals surface area contributed by atoms with Gasteiger partial charge in [-0.15, -0.1) is 0 Å². The van der Waals surface area contributed by atoms with E-state index in [0.717, 1.165) is 32.7 Å². The first-order chi connectivity index (χ1) is 7.83. The number of fused-ring (bicyclic) bond motifs is 1. The first-order valence-electron chi connectivity index (χ1n) is 5.98. The number of rotatable bonds is 5. The molecule has 0 fully saturated rings. The number of β-amino-alcohol motifs (C(OH)–C–C–N with tert-alkyl or cyclic N) is 1. The van der Waals surface area contributed by atoms with Gasteiger partial charge in [0, 0.05) is 26.2 Å². The number of benzene rings is 1. The van der Waals surface area contributed by atoms with Gasteiger partial charge in [-0.2, -0.15) is 0 Å². The van der Waals surface area contributed by atoms with Gasteiger partial charge in [-0.05, 0) is 23.2 Å². The first-order valence-corrected chi connectivity index (χ1v) is 5.98. The van der Waals surface area contributed by atoms with E-state index in [9.17, 15) is 0 Å². The molecule has 0 bridgehead atoms. The Kier molecular flexibility index (Phi) is 3.93. The van der Waals surface area contributed by atoms with Gasteiger partial charge in [0.15, 0.2) is 0 Å². The Balaban J connectivity index is 2.02. The highest BCUT2D eigenvalue weighted by Gasteiger charge is 2.17. The molecular weight excluding hydrogens is 200 g/mol. The molecule has 0 spiro atoms. The van der Waals surface area contributed by atoms with Gasteiger partial charge < -0.3 is 10.4 Å². The third kappa shape index (κ3) is 2.61. The van der Waals surface area contributed by atoms with Crippen molar-refractivity contribution in [2.24, 2.45) is 0 Å². The third-order valence-corrected chi connectivity index (χ3v) is 3.05. The van der Waals surface area contributed by atoms with Crippen LogP contribution in [0.25, 0.3) is 0 Å². The highest BCUT2D eigenvalue weighted by Crippen LogP contribution is 2.23. The second kappa shape index (κ2) is 5.43. The fourth-order valence-electron chi connectivity index (χ4n) is 2.20. The van der Waals surface area contributed by atoms with Gasteiger partial charge in [-0.1, -0.05) is 25.1 Å². The number of nitrogens with zero attached hydrogens (tertiary/aromatic N) is 1. The summed E-state index contributed by atoms with van der Waals surface area (Å²) in [5.74, 6) is 0. The third-order valence-electron chi connectivity index (χ3n) is 3.05. The molecule has 0 saturated heterocycles. The maximum absolute atomic E-state index is 8.92. The van der Waals surface area contributed by atoms with E-state index in [0.29, 0.717) is 0 Å². The molecular formula is C13H20N2O. The molecule has 0 amide bonds. The minimum atomic E-state index is 0.248. The summed E-state index contributed by atoms with van der Waals surface area (Å²) < 4.78 is 0. The molecule has 0 unspecified atom stereocenters. The molecule has 3 nitrogen and oxygen atoms in total. The summed E-state index contributed by atoms with van der Waals surface area (Å²) in [5.41, 5.74) is 4.18. The normalized spacial score (nSPS) is 15.4. The van der Waals surface area contributed by atoms with Crippen molar-refractivity contribution < 1.29 is 5.11 Å². The van der Waals surface area contributed by atoms with Gasteiger partial charge in [-0.25, -0.2) is 0 Å². The smallest absolute Gasteiger partial charge is 0.0558 e. The van der Waals surface area contributed by atoms with E-state index in [1.165, 1.54) is 16.7 Å². The van der Waals surface area contributed by atoms with Crippen molar-refractivity contribution in [1.29, 1.82) is 0 Å². The lowest BCUT2D eigenvalue weighted by Crippen LogP contribution is -2.20. The highest BCUT2D eigenvalue weighted by molar-refractivity contribution is 5.34. The van der Waals surface area contributed by atoms with Crippen molar-refractivity contribution in [2.45, 2.75) is 26.6 Å². The van der Waals surface area contributed by atoms with Crippen LogP contribution in [0.1, 0.15) is 23.6 Å². The fraction of sp³-hybridized carbons (Fsp3) is 0.538. The number of aliphatic hydroxyl groups is 1. The van der Waals surface area contributed by atoms with E-state index in [1.807, 2.05) is 0 Å². The Morgan fingerprint density at radius 3 is 2.88 bits per heavy atom. The van der Waals surface area contributed by atoms with Crippen molar-refractivity contribution >= 4 is 0 Å². The predicted molar refractivity (Wildman–Crippen MR) is 65.0 cm³/mol. The SMILES string of the molecule is CCNCc1ccc2c(c1)CN(CCO)C2. The molecule has 1 aromatic rings. The molecule has 1 aliphatic rings. The van der Waals surface area contributed by atoms with Crippen molar-refractivity contribution in [3.8, 4) is 0 Å². The largest absolute Gasteiger partial charge is 0.395 e. The zero-order valence-electron chi connectivity index (χ0n) is 9.87. The Labute approximate surface area is 97.1 Å². The van der Waals surface area contributed by atoms with Crippen LogP contribution >= 0.6 is 0 Å². The lowest BCUT2D eigenvalue weighted by atomic mass is 10.1. The van der Waals surface area contributed by atoms with Crippen LogP contribution in [-0.4, -0.2) is 29.7 Å². The Bertz CT molecular complexity index is 352. The molecule has 0 aromatic heterocycles. The molecule has 0 saturated carbocycles. The number of nitrogens with one attached hydrogen (secondary N) is 1. The van der Waals surface area contributed by atoms with Crippen LogP contribution in [0, 0.1) is 0 Å². The molecule has 88 valence electrons. The van der Waals surface area contributed by atoms with E-state index in [1.54, 1.807) is 0 Å². The molecule has 1 heterocycles. The van der Waals surface area contributed by atoms with Crippen LogP contribution in [0.15, 0.2) is 18.2 Å². The number of hydrogen-bond acceptors (Lipinski definition) is 3. The zero-order valence-corrected chi connectivity index (χ0v) is 9.87. The van der Waals surface area contributed by atoms with Gasteiger partial charge >= 0.3 is 0 Å². The fourth-order valence-corrected chi connectivity index (χ4v) is 2.20. The molecule has 16 heavy (non-hydrogen) atoms. The minimum Gasteiger partial charge on any atom is -0.395 e. The van der Waals surface area contributed by atoms with Crippen molar-refractivity contribution in [1.82, 2.24) is 10.2 Å². The van der Waals surface area contributed by atoms with Crippen LogP contribution in [0.4, 0.5) is 0 Å². The Hall–Kier alpha value is -0.900. The van der Waals surface area contributed by atoms with Gasteiger partial charge in [0.1, 0.15) is 0 Å². The Morgan fingerprint density at radius 2 is 2.12 bits per heavy atom. The van der Waals surface area contributed by atoms with E-state index < -0.39 is 0 Å². The summed E-state index contributed by atoms with van der Waals surface area (Å²) in [6, 6.07) is 6.71. The van der Waals surface area contributed by atoms with Crippen molar-refractivity contribution in [3.05, 3.63) is 34.9 Å². The Morgan fingerprint density at radius 1 is 1.31 bits per heavy atom. The molecule has 2 N–H and O–H groups in total. The molecule has 2 rings (SSSR count). The summed E-state index contributed by atoms with van der Waals surface area (Å²) in [4.78, 5) is 2.28. The van der Waals surface area contributed by atoms with Crippen LogP contribution < -0.4 is 5.32 Å². The second-order valence-electron chi connectivity index (χ2n) is 4.32. The second-order valence-corrected chi connectivity index (χ2v) is 4.32. The van der Waals surface area contributed by atoms with E-state index in [-0.39, 0.29) is 6.61 Å². The van der Waals surface area contributed by atoms with Crippen LogP contribution in [-0.2, 0) is 19.6 Å². The maximum atomic E-state index is 8.92. The summed E-state index contributed by atoms with van der Waals surface area (Å²) in [6.07, 6.45) is 0. The molecule has 0 radical (unpaired) electrons. The monoisotopic (exact) mass is 220 g/mol. The quantitative estimate of drug-likeness (QED) is 0.780. The first kappa shape index (κ1) is 11.6. The summed E-state index contributed by atoms with van der Waals surface area (Å²) in [6.45, 7) is 7.07. The summed E-state index contributed by atoms with van der Waals surface area (Å²) in [5, 5.41) is 12.3. The lowest BCUT2D eigenvalue weighted by Gasteiger charge is -2.11. The number of aliphatic hydroxyl groups excluding tert-OH is 1. The molecule has 1 aromatic carbocycles. The summed E-state index contributed by atoms with van der Waals surface area (Å²) in [7, 11) is 0. The number of hydrogen-bond donors (Lipinski definition) is 2. The van der Waals surface area contributed by atoms with Gasteiger partial charge in [0.25, 0.3) is 0 Å². The standard InChI is InChI=1S/C13H20N2O/c1-2-14-8-11-3-4-12-9-15(5-6-16)10-13(12)7-11/h3-4,7,14,16H,2,5-6,8-10H2,1H3. The van der Waals surface area contributed by atoms with Gasteiger partial charge in [-0.3, -0.25) is 4.90 Å². The van der Waals surface area contributed by atoms with E-state index in [4.69, 9.17) is 5.11 Å². The molecule has 0 aliphatic carbocycles. The highest BCUT2D eigenvalue weighted by atomic mass is 16.3. The minimum absolute atomic E-state index is 0.248. The summed E-state index contributed by atoms with van der Waals surface area (Å²) >= 11 is 0. The van der Waals surface area contributed by atoms with Crippen LogP contribution in [0.5, 0.6) is 0 Å². The molecule has 3 heteroatoms. The van der Waals surface area contributed by atoms with Gasteiger partial charge in [0.05, 0.1) is 6.61 Å². The lowest BCUT2D eigenvalue weighted by molar-refractivity contribution is 0.198. The maximum Gasteiger partial charge on any atom is 0.0558 e. The average molecular weight is 220 g/mol. The van der Waals surface area contributed by atoms with Crippen molar-refractivity contribution in [2.75, 3.05) is 19.7 Å². The van der Waals surface area contributed by atoms with Crippen molar-refractivity contribution in [3.63, 3.8) is 0 Å². The molecule has 1 aliphatic heterocycles. The van der Waals surface area contributed by atoms with E-state index in [2.05, 4.69) is 35.3 Å². The molecule has 0 atom stereocenters. The van der Waals surface area contributed by atoms with E-state index >= 15 is 0 Å². The van der Waals surface area contributed by atoms with Crippen LogP contribution in [0.2, 0.25) is 0 Å². The average Bonchev–Trinajstić information content (AvgIpc) is 2.68. The predicted octanol–water partition coefficient (Wildman–Crippen LogP) is 1.10.